The Bertz CT molecular complexity index is 410. The van der Waals surface area contributed by atoms with Crippen LogP contribution in [0.3, 0.4) is 0 Å². The zero-order chi connectivity index (χ0) is 10.7. The molecule has 0 aliphatic carbocycles. The number of hydrogen-bond acceptors (Lipinski definition) is 2. The van der Waals surface area contributed by atoms with Crippen molar-refractivity contribution in [2.75, 3.05) is 0 Å². The molecule has 1 heterocycles. The predicted octanol–water partition coefficient (Wildman–Crippen LogP) is 3.01. The number of aliphatic imine (C=N–C) groups is 2. The summed E-state index contributed by atoms with van der Waals surface area (Å²) in [6, 6.07) is 6.32. The van der Waals surface area contributed by atoms with Crippen LogP contribution < -0.4 is 0 Å². The molecule has 15 heavy (non-hydrogen) atoms. The van der Waals surface area contributed by atoms with E-state index in [1.54, 1.807) is 6.21 Å². The Kier molecular flexibility index (Phi) is 2.77. The summed E-state index contributed by atoms with van der Waals surface area (Å²) in [5, 5.41) is 0. The molecule has 2 rings (SSSR count). The third-order valence-electron chi connectivity index (χ3n) is 2.45. The summed E-state index contributed by atoms with van der Waals surface area (Å²) >= 11 is 0. The average molecular weight is 198 g/mol. The Morgan fingerprint density at radius 1 is 1.27 bits per heavy atom. The molecule has 0 bridgehead atoms. The van der Waals surface area contributed by atoms with E-state index in [1.807, 2.05) is 18.4 Å². The van der Waals surface area contributed by atoms with Gasteiger partial charge in [0.05, 0.1) is 5.69 Å². The minimum atomic E-state index is 0.115. The number of nitrogens with zero attached hydrogens (tertiary/aromatic N) is 2. The van der Waals surface area contributed by atoms with Crippen LogP contribution in [0, 0.1) is 13.8 Å². The van der Waals surface area contributed by atoms with Gasteiger partial charge >= 0.3 is 0 Å². The highest BCUT2D eigenvalue weighted by Gasteiger charge is 2.02. The van der Waals surface area contributed by atoms with Crippen molar-refractivity contribution in [1.82, 2.24) is 0 Å². The number of hydrogen-bond donors (Lipinski definition) is 0. The van der Waals surface area contributed by atoms with Gasteiger partial charge in [-0.3, -0.25) is 9.98 Å². The second-order valence-electron chi connectivity index (χ2n) is 3.69. The normalized spacial score (nSPS) is 19.2. The van der Waals surface area contributed by atoms with Gasteiger partial charge in [0.1, 0.15) is 6.04 Å². The van der Waals surface area contributed by atoms with Gasteiger partial charge in [-0.2, -0.15) is 0 Å². The Hall–Kier alpha value is -1.70. The number of allylic oxidation sites excluding steroid dienone is 1. The van der Waals surface area contributed by atoms with Gasteiger partial charge in [0.25, 0.3) is 0 Å². The van der Waals surface area contributed by atoms with E-state index < -0.39 is 0 Å². The number of benzene rings is 1. The standard InChI is InChI=1S/C13H14N2/c1-10-5-3-6-11(2)13(10)15-9-12-7-4-8-14-12/h3-9,12H,1-2H3. The van der Waals surface area contributed by atoms with E-state index in [9.17, 15) is 0 Å². The summed E-state index contributed by atoms with van der Waals surface area (Å²) < 4.78 is 0. The van der Waals surface area contributed by atoms with Crippen molar-refractivity contribution in [2.24, 2.45) is 9.98 Å². The lowest BCUT2D eigenvalue weighted by atomic mass is 10.1. The van der Waals surface area contributed by atoms with Crippen LogP contribution in [0.25, 0.3) is 0 Å². The Morgan fingerprint density at radius 3 is 2.60 bits per heavy atom. The van der Waals surface area contributed by atoms with Crippen molar-refractivity contribution >= 4 is 18.1 Å². The molecule has 0 N–H and O–H groups in total. The van der Waals surface area contributed by atoms with Crippen LogP contribution in [0.5, 0.6) is 0 Å². The summed E-state index contributed by atoms with van der Waals surface area (Å²) in [7, 11) is 0. The van der Waals surface area contributed by atoms with Gasteiger partial charge in [-0.1, -0.05) is 24.3 Å². The van der Waals surface area contributed by atoms with E-state index in [4.69, 9.17) is 0 Å². The topological polar surface area (TPSA) is 24.7 Å². The van der Waals surface area contributed by atoms with E-state index in [2.05, 4.69) is 42.0 Å². The third kappa shape index (κ3) is 2.21. The van der Waals surface area contributed by atoms with E-state index >= 15 is 0 Å². The summed E-state index contributed by atoms with van der Waals surface area (Å²) in [5.74, 6) is 0. The second kappa shape index (κ2) is 4.22. The number of rotatable bonds is 2. The Labute approximate surface area is 90.1 Å². The highest BCUT2D eigenvalue weighted by Crippen LogP contribution is 2.22. The van der Waals surface area contributed by atoms with Gasteiger partial charge in [-0.15, -0.1) is 0 Å². The van der Waals surface area contributed by atoms with Crippen LogP contribution in [0.4, 0.5) is 5.69 Å². The molecule has 1 aromatic carbocycles. The van der Waals surface area contributed by atoms with Crippen LogP contribution in [0.15, 0.2) is 40.3 Å². The first-order valence-electron chi connectivity index (χ1n) is 5.08. The van der Waals surface area contributed by atoms with Crippen LogP contribution >= 0.6 is 0 Å². The molecule has 1 unspecified atom stereocenters. The second-order valence-corrected chi connectivity index (χ2v) is 3.69. The van der Waals surface area contributed by atoms with Crippen molar-refractivity contribution in [2.45, 2.75) is 19.9 Å². The molecule has 1 aromatic rings. The average Bonchev–Trinajstić information content (AvgIpc) is 2.70. The molecule has 0 radical (unpaired) electrons. The Balaban J connectivity index is 2.23. The van der Waals surface area contributed by atoms with E-state index in [1.165, 1.54) is 11.1 Å². The molecule has 1 aliphatic rings. The van der Waals surface area contributed by atoms with Crippen molar-refractivity contribution in [1.29, 1.82) is 0 Å². The van der Waals surface area contributed by atoms with Gasteiger partial charge in [0.2, 0.25) is 0 Å². The maximum atomic E-state index is 4.50. The summed E-state index contributed by atoms with van der Waals surface area (Å²) in [4.78, 5) is 8.72. The molecular weight excluding hydrogens is 184 g/mol. The lowest BCUT2D eigenvalue weighted by molar-refractivity contribution is 1.13. The zero-order valence-corrected chi connectivity index (χ0v) is 9.01. The highest BCUT2D eigenvalue weighted by molar-refractivity contribution is 5.83. The summed E-state index contributed by atoms with van der Waals surface area (Å²) in [6.45, 7) is 4.15. The first kappa shape index (κ1) is 9.84. The molecule has 1 aliphatic heterocycles. The zero-order valence-electron chi connectivity index (χ0n) is 9.01. The quantitative estimate of drug-likeness (QED) is 0.653. The van der Waals surface area contributed by atoms with Crippen molar-refractivity contribution < 1.29 is 0 Å². The van der Waals surface area contributed by atoms with Crippen LogP contribution in [0.2, 0.25) is 0 Å². The monoisotopic (exact) mass is 198 g/mol. The molecular formula is C13H14N2. The van der Waals surface area contributed by atoms with Gasteiger partial charge in [0.15, 0.2) is 0 Å². The van der Waals surface area contributed by atoms with Gasteiger partial charge in [-0.25, -0.2) is 0 Å². The van der Waals surface area contributed by atoms with Gasteiger partial charge in [-0.05, 0) is 31.1 Å². The lowest BCUT2D eigenvalue weighted by Crippen LogP contribution is -1.97. The fraction of sp³-hybridized carbons (Fsp3) is 0.231. The fourth-order valence-electron chi connectivity index (χ4n) is 1.61. The molecule has 0 amide bonds. The first-order valence-corrected chi connectivity index (χ1v) is 5.08. The molecule has 1 atom stereocenters. The number of aryl methyl sites for hydroxylation is 2. The molecule has 0 saturated heterocycles. The molecule has 0 saturated carbocycles. The fourth-order valence-corrected chi connectivity index (χ4v) is 1.61. The molecule has 0 fully saturated rings. The predicted molar refractivity (Wildman–Crippen MR) is 65.5 cm³/mol. The smallest absolute Gasteiger partial charge is 0.103 e. The minimum Gasteiger partial charge on any atom is -0.280 e. The lowest BCUT2D eigenvalue weighted by Gasteiger charge is -2.04. The molecule has 2 nitrogen and oxygen atoms in total. The van der Waals surface area contributed by atoms with Crippen LogP contribution in [-0.2, 0) is 0 Å². The Morgan fingerprint density at radius 2 is 2.00 bits per heavy atom. The van der Waals surface area contributed by atoms with Crippen molar-refractivity contribution in [3.05, 3.63) is 41.5 Å². The molecule has 0 aromatic heterocycles. The van der Waals surface area contributed by atoms with Gasteiger partial charge < -0.3 is 0 Å². The number of para-hydroxylation sites is 1. The molecule has 76 valence electrons. The van der Waals surface area contributed by atoms with E-state index in [-0.39, 0.29) is 6.04 Å². The van der Waals surface area contributed by atoms with Crippen molar-refractivity contribution in [3.8, 4) is 0 Å². The first-order chi connectivity index (χ1) is 7.27. The van der Waals surface area contributed by atoms with E-state index in [0.29, 0.717) is 0 Å². The maximum absolute atomic E-state index is 4.50. The SMILES string of the molecule is Cc1cccc(C)c1N=CC1C=CC=N1. The van der Waals surface area contributed by atoms with Crippen LogP contribution in [0.1, 0.15) is 11.1 Å². The van der Waals surface area contributed by atoms with Gasteiger partial charge in [0, 0.05) is 12.4 Å². The van der Waals surface area contributed by atoms with E-state index in [0.717, 1.165) is 5.69 Å². The minimum absolute atomic E-state index is 0.115. The highest BCUT2D eigenvalue weighted by atomic mass is 14.8. The molecule has 0 spiro atoms. The maximum Gasteiger partial charge on any atom is 0.103 e. The largest absolute Gasteiger partial charge is 0.280 e. The van der Waals surface area contributed by atoms with Crippen molar-refractivity contribution in [3.63, 3.8) is 0 Å². The molecule has 2 heteroatoms. The summed E-state index contributed by atoms with van der Waals surface area (Å²) in [6.07, 6.45) is 7.66. The summed E-state index contributed by atoms with van der Waals surface area (Å²) in [5.41, 5.74) is 3.47. The third-order valence-corrected chi connectivity index (χ3v) is 2.45. The van der Waals surface area contributed by atoms with Crippen LogP contribution in [-0.4, -0.2) is 18.5 Å².